The number of carbonyl (C=O) groups is 1. The molecule has 0 atom stereocenters. The van der Waals surface area contributed by atoms with E-state index in [4.69, 9.17) is 46.4 Å². The number of nitrogens with one attached hydrogen (secondary N) is 1. The molecular weight excluding hydrogens is 354 g/mol. The first-order valence-electron chi connectivity index (χ1n) is 5.71. The molecule has 0 saturated carbocycles. The van der Waals surface area contributed by atoms with Gasteiger partial charge in [0.25, 0.3) is 5.91 Å². The Morgan fingerprint density at radius 3 is 2.48 bits per heavy atom. The molecule has 0 aliphatic rings. The Kier molecular flexibility index (Phi) is 5.48. The lowest BCUT2D eigenvalue weighted by Gasteiger charge is -2.02. The van der Waals surface area contributed by atoms with E-state index in [1.54, 1.807) is 24.3 Å². The summed E-state index contributed by atoms with van der Waals surface area (Å²) in [6, 6.07) is 9.66. The number of hydrogen-bond acceptors (Lipinski definition) is 2. The largest absolute Gasteiger partial charge is 0.271 e. The fourth-order valence-corrected chi connectivity index (χ4v) is 2.14. The molecule has 2 rings (SSSR count). The van der Waals surface area contributed by atoms with Crippen molar-refractivity contribution in [1.82, 2.24) is 5.43 Å². The van der Waals surface area contributed by atoms with Gasteiger partial charge >= 0.3 is 0 Å². The Morgan fingerprint density at radius 2 is 1.76 bits per heavy atom. The van der Waals surface area contributed by atoms with E-state index in [-0.39, 0.29) is 0 Å². The van der Waals surface area contributed by atoms with Gasteiger partial charge in [0.1, 0.15) is 0 Å². The normalized spacial score (nSPS) is 10.9. The molecule has 108 valence electrons. The molecule has 0 saturated heterocycles. The summed E-state index contributed by atoms with van der Waals surface area (Å²) >= 11 is 23.5. The van der Waals surface area contributed by atoms with Crippen LogP contribution in [0, 0.1) is 0 Å². The van der Waals surface area contributed by atoms with E-state index in [1.807, 2.05) is 0 Å². The lowest BCUT2D eigenvalue weighted by atomic mass is 10.2. The molecule has 0 aliphatic heterocycles. The first kappa shape index (κ1) is 16.1. The predicted molar refractivity (Wildman–Crippen MR) is 88.0 cm³/mol. The third-order valence-electron chi connectivity index (χ3n) is 2.53. The highest BCUT2D eigenvalue weighted by Crippen LogP contribution is 2.24. The summed E-state index contributed by atoms with van der Waals surface area (Å²) in [5.74, 6) is -0.414. The smallest absolute Gasteiger partial charge is 0.267 e. The monoisotopic (exact) mass is 360 g/mol. The summed E-state index contributed by atoms with van der Waals surface area (Å²) in [4.78, 5) is 11.9. The summed E-state index contributed by atoms with van der Waals surface area (Å²) < 4.78 is 0. The maximum Gasteiger partial charge on any atom is 0.271 e. The van der Waals surface area contributed by atoms with Gasteiger partial charge in [-0.2, -0.15) is 5.10 Å². The molecule has 3 nitrogen and oxygen atoms in total. The molecule has 7 heteroatoms. The third-order valence-corrected chi connectivity index (χ3v) is 4.11. The average molecular weight is 362 g/mol. The predicted octanol–water partition coefficient (Wildman–Crippen LogP) is 5.06. The van der Waals surface area contributed by atoms with Crippen molar-refractivity contribution < 1.29 is 4.79 Å². The standard InChI is InChI=1S/C14H8Cl4N2O/c15-10-5-4-8(6-12(10)17)14(21)20-19-7-9-2-1-3-11(16)13(9)18/h1-7H,(H,20,21)/b19-7+. The van der Waals surface area contributed by atoms with E-state index < -0.39 is 5.91 Å². The molecular formula is C14H8Cl4N2O. The summed E-state index contributed by atoms with van der Waals surface area (Å²) in [6.45, 7) is 0. The molecule has 0 bridgehead atoms. The van der Waals surface area contributed by atoms with Crippen molar-refractivity contribution in [2.45, 2.75) is 0 Å². The van der Waals surface area contributed by atoms with E-state index in [0.29, 0.717) is 31.2 Å². The zero-order valence-corrected chi connectivity index (χ0v) is 13.4. The lowest BCUT2D eigenvalue weighted by Crippen LogP contribution is -2.17. The van der Waals surface area contributed by atoms with Crippen molar-refractivity contribution in [2.24, 2.45) is 5.10 Å². The van der Waals surface area contributed by atoms with Gasteiger partial charge in [0.2, 0.25) is 0 Å². The highest BCUT2D eigenvalue weighted by Gasteiger charge is 2.07. The highest BCUT2D eigenvalue weighted by molar-refractivity contribution is 6.43. The van der Waals surface area contributed by atoms with Crippen molar-refractivity contribution >= 4 is 58.5 Å². The number of benzene rings is 2. The molecule has 2 aromatic rings. The molecule has 0 unspecified atom stereocenters. The van der Waals surface area contributed by atoms with Crippen molar-refractivity contribution in [3.63, 3.8) is 0 Å². The zero-order chi connectivity index (χ0) is 15.4. The fraction of sp³-hybridized carbons (Fsp3) is 0. The van der Waals surface area contributed by atoms with Gasteiger partial charge in [-0.3, -0.25) is 4.79 Å². The van der Waals surface area contributed by atoms with E-state index in [1.165, 1.54) is 18.3 Å². The van der Waals surface area contributed by atoms with Crippen LogP contribution in [0.1, 0.15) is 15.9 Å². The molecule has 1 N–H and O–H groups in total. The Hall–Kier alpha value is -1.26. The number of amides is 1. The van der Waals surface area contributed by atoms with Gasteiger partial charge in [-0.05, 0) is 24.3 Å². The number of hydrazone groups is 1. The van der Waals surface area contributed by atoms with Crippen molar-refractivity contribution in [3.8, 4) is 0 Å². The number of hydrogen-bond donors (Lipinski definition) is 1. The molecule has 0 heterocycles. The Bertz CT molecular complexity index is 716. The molecule has 0 spiro atoms. The van der Waals surface area contributed by atoms with Crippen LogP contribution in [0.4, 0.5) is 0 Å². The Balaban J connectivity index is 2.08. The van der Waals surface area contributed by atoms with E-state index >= 15 is 0 Å². The van der Waals surface area contributed by atoms with Crippen LogP contribution >= 0.6 is 46.4 Å². The number of halogens is 4. The molecule has 0 fully saturated rings. The second kappa shape index (κ2) is 7.14. The molecule has 1 amide bonds. The first-order chi connectivity index (χ1) is 9.99. The number of carbonyl (C=O) groups excluding carboxylic acids is 1. The molecule has 0 aromatic heterocycles. The Morgan fingerprint density at radius 1 is 1.00 bits per heavy atom. The minimum atomic E-state index is -0.414. The molecule has 0 radical (unpaired) electrons. The minimum Gasteiger partial charge on any atom is -0.267 e. The van der Waals surface area contributed by atoms with E-state index in [9.17, 15) is 4.79 Å². The van der Waals surface area contributed by atoms with Gasteiger partial charge in [-0.15, -0.1) is 0 Å². The maximum atomic E-state index is 11.9. The quantitative estimate of drug-likeness (QED) is 0.602. The van der Waals surface area contributed by atoms with Gasteiger partial charge in [-0.25, -0.2) is 5.43 Å². The van der Waals surface area contributed by atoms with Crippen molar-refractivity contribution in [3.05, 3.63) is 67.6 Å². The van der Waals surface area contributed by atoms with E-state index in [0.717, 1.165) is 0 Å². The first-order valence-corrected chi connectivity index (χ1v) is 7.22. The lowest BCUT2D eigenvalue weighted by molar-refractivity contribution is 0.0955. The summed E-state index contributed by atoms with van der Waals surface area (Å²) in [5, 5.41) is 5.28. The van der Waals surface area contributed by atoms with Gasteiger partial charge in [0.15, 0.2) is 0 Å². The fourth-order valence-electron chi connectivity index (χ4n) is 1.48. The van der Waals surface area contributed by atoms with Crippen LogP contribution in [0.15, 0.2) is 41.5 Å². The third kappa shape index (κ3) is 4.11. The topological polar surface area (TPSA) is 41.5 Å². The number of rotatable bonds is 3. The second-order valence-electron chi connectivity index (χ2n) is 3.97. The minimum absolute atomic E-state index is 0.297. The van der Waals surface area contributed by atoms with Gasteiger partial charge in [0.05, 0.1) is 26.3 Å². The average Bonchev–Trinajstić information content (AvgIpc) is 2.46. The summed E-state index contributed by atoms with van der Waals surface area (Å²) in [6.07, 6.45) is 1.41. The second-order valence-corrected chi connectivity index (χ2v) is 5.57. The molecule has 21 heavy (non-hydrogen) atoms. The SMILES string of the molecule is O=C(N/N=C/c1cccc(Cl)c1Cl)c1ccc(Cl)c(Cl)c1. The van der Waals surface area contributed by atoms with Gasteiger partial charge in [0, 0.05) is 11.1 Å². The van der Waals surface area contributed by atoms with Gasteiger partial charge in [-0.1, -0.05) is 58.5 Å². The van der Waals surface area contributed by atoms with E-state index in [2.05, 4.69) is 10.5 Å². The van der Waals surface area contributed by atoms with Crippen molar-refractivity contribution in [2.75, 3.05) is 0 Å². The van der Waals surface area contributed by atoms with Crippen LogP contribution in [-0.2, 0) is 0 Å². The van der Waals surface area contributed by atoms with Crippen molar-refractivity contribution in [1.29, 1.82) is 0 Å². The van der Waals surface area contributed by atoms with Crippen LogP contribution in [0.5, 0.6) is 0 Å². The van der Waals surface area contributed by atoms with Crippen LogP contribution < -0.4 is 5.43 Å². The maximum absolute atomic E-state index is 11.9. The van der Waals surface area contributed by atoms with Crippen LogP contribution in [0.2, 0.25) is 20.1 Å². The zero-order valence-electron chi connectivity index (χ0n) is 10.4. The summed E-state index contributed by atoms with van der Waals surface area (Å²) in [5.41, 5.74) is 3.31. The summed E-state index contributed by atoms with van der Waals surface area (Å²) in [7, 11) is 0. The van der Waals surface area contributed by atoms with Crippen LogP contribution in [0.3, 0.4) is 0 Å². The van der Waals surface area contributed by atoms with Crippen LogP contribution in [-0.4, -0.2) is 12.1 Å². The highest BCUT2D eigenvalue weighted by atomic mass is 35.5. The molecule has 2 aromatic carbocycles. The van der Waals surface area contributed by atoms with Gasteiger partial charge < -0.3 is 0 Å². The Labute approximate surface area is 141 Å². The number of nitrogens with zero attached hydrogens (tertiary/aromatic N) is 1. The molecule has 0 aliphatic carbocycles. The van der Waals surface area contributed by atoms with Crippen LogP contribution in [0.25, 0.3) is 0 Å².